The maximum atomic E-state index is 5.31. The van der Waals surface area contributed by atoms with Gasteiger partial charge < -0.3 is 14.3 Å². The van der Waals surface area contributed by atoms with Gasteiger partial charge in [-0.05, 0) is 26.0 Å². The second kappa shape index (κ2) is 5.63. The first-order valence-electron chi connectivity index (χ1n) is 5.92. The smallest absolute Gasteiger partial charge is 0.146 e. The molecule has 1 unspecified atom stereocenters. The Kier molecular flexibility index (Phi) is 3.93. The van der Waals surface area contributed by atoms with E-state index in [1.165, 1.54) is 0 Å². The lowest BCUT2D eigenvalue weighted by Gasteiger charge is -2.12. The molecule has 0 bridgehead atoms. The molecule has 0 saturated carbocycles. The van der Waals surface area contributed by atoms with Gasteiger partial charge in [-0.3, -0.25) is 0 Å². The number of nitrogens with zero attached hydrogens (tertiary/aromatic N) is 3. The van der Waals surface area contributed by atoms with E-state index in [0.717, 1.165) is 31.1 Å². The van der Waals surface area contributed by atoms with Crippen LogP contribution in [0.25, 0.3) is 0 Å². The average Bonchev–Trinajstić information content (AvgIpc) is 2.96. The first-order chi connectivity index (χ1) is 8.29. The maximum Gasteiger partial charge on any atom is 0.146 e. The van der Waals surface area contributed by atoms with Gasteiger partial charge in [-0.2, -0.15) is 0 Å². The predicted octanol–water partition coefficient (Wildman–Crippen LogP) is 1.61. The van der Waals surface area contributed by atoms with Crippen molar-refractivity contribution in [3.63, 3.8) is 0 Å². The molecule has 0 aromatic carbocycles. The molecule has 2 heterocycles. The van der Waals surface area contributed by atoms with Crippen molar-refractivity contribution < 1.29 is 4.42 Å². The number of furan rings is 1. The van der Waals surface area contributed by atoms with Crippen LogP contribution < -0.4 is 5.32 Å². The number of nitrogens with one attached hydrogen (secondary N) is 1. The molecule has 0 amide bonds. The number of rotatable bonds is 6. The molecule has 17 heavy (non-hydrogen) atoms. The fourth-order valence-corrected chi connectivity index (χ4v) is 1.75. The number of aryl methyl sites for hydroxylation is 1. The van der Waals surface area contributed by atoms with Gasteiger partial charge in [-0.1, -0.05) is 0 Å². The van der Waals surface area contributed by atoms with Crippen LogP contribution in [0.5, 0.6) is 0 Å². The maximum absolute atomic E-state index is 5.31. The molecular weight excluding hydrogens is 216 g/mol. The molecule has 0 aliphatic rings. The van der Waals surface area contributed by atoms with Crippen LogP contribution in [-0.2, 0) is 19.5 Å². The minimum absolute atomic E-state index is 0.350. The van der Waals surface area contributed by atoms with E-state index in [2.05, 4.69) is 29.4 Å². The molecule has 5 heteroatoms. The van der Waals surface area contributed by atoms with Gasteiger partial charge in [0.05, 0.1) is 12.8 Å². The van der Waals surface area contributed by atoms with E-state index in [-0.39, 0.29) is 0 Å². The van der Waals surface area contributed by atoms with Gasteiger partial charge in [-0.15, -0.1) is 10.2 Å². The van der Waals surface area contributed by atoms with Crippen LogP contribution in [0.15, 0.2) is 29.1 Å². The highest BCUT2D eigenvalue weighted by molar-refractivity contribution is 5.00. The molecule has 2 aromatic rings. The Morgan fingerprint density at radius 1 is 1.53 bits per heavy atom. The SMILES string of the molecule is CCn1cnnc1CNC(C)Cc1ccco1. The number of hydrogen-bond acceptors (Lipinski definition) is 4. The summed E-state index contributed by atoms with van der Waals surface area (Å²) < 4.78 is 7.35. The fraction of sp³-hybridized carbons (Fsp3) is 0.500. The highest BCUT2D eigenvalue weighted by Gasteiger charge is 2.07. The summed E-state index contributed by atoms with van der Waals surface area (Å²) in [4.78, 5) is 0. The Hall–Kier alpha value is -1.62. The van der Waals surface area contributed by atoms with Crippen molar-refractivity contribution in [2.75, 3.05) is 0 Å². The molecule has 0 radical (unpaired) electrons. The molecular formula is C12H18N4O. The highest BCUT2D eigenvalue weighted by Crippen LogP contribution is 2.04. The van der Waals surface area contributed by atoms with Crippen LogP contribution in [0.2, 0.25) is 0 Å². The van der Waals surface area contributed by atoms with Crippen molar-refractivity contribution in [3.05, 3.63) is 36.3 Å². The van der Waals surface area contributed by atoms with Crippen molar-refractivity contribution >= 4 is 0 Å². The van der Waals surface area contributed by atoms with Gasteiger partial charge in [0.1, 0.15) is 17.9 Å². The van der Waals surface area contributed by atoms with Crippen molar-refractivity contribution in [2.45, 2.75) is 39.4 Å². The van der Waals surface area contributed by atoms with Crippen molar-refractivity contribution in [2.24, 2.45) is 0 Å². The van der Waals surface area contributed by atoms with Crippen LogP contribution in [0, 0.1) is 0 Å². The Balaban J connectivity index is 1.82. The molecule has 0 aliphatic heterocycles. The average molecular weight is 234 g/mol. The van der Waals surface area contributed by atoms with E-state index in [9.17, 15) is 0 Å². The summed E-state index contributed by atoms with van der Waals surface area (Å²) in [5, 5.41) is 11.4. The summed E-state index contributed by atoms with van der Waals surface area (Å²) in [7, 11) is 0. The number of hydrogen-bond donors (Lipinski definition) is 1. The molecule has 0 fully saturated rings. The zero-order valence-corrected chi connectivity index (χ0v) is 10.3. The molecule has 2 aromatic heterocycles. The minimum atomic E-state index is 0.350. The molecule has 0 spiro atoms. The van der Waals surface area contributed by atoms with Crippen LogP contribution in [0.4, 0.5) is 0 Å². The van der Waals surface area contributed by atoms with Gasteiger partial charge in [0.15, 0.2) is 0 Å². The van der Waals surface area contributed by atoms with Gasteiger partial charge in [-0.25, -0.2) is 0 Å². The summed E-state index contributed by atoms with van der Waals surface area (Å²) in [6, 6.07) is 4.26. The summed E-state index contributed by atoms with van der Waals surface area (Å²) in [5.41, 5.74) is 0. The topological polar surface area (TPSA) is 55.9 Å². The molecule has 5 nitrogen and oxygen atoms in total. The standard InChI is InChI=1S/C12H18N4O/c1-3-16-9-14-15-12(16)8-13-10(2)7-11-5-4-6-17-11/h4-6,9-10,13H,3,7-8H2,1-2H3. The first kappa shape index (κ1) is 11.9. The summed E-state index contributed by atoms with van der Waals surface area (Å²) in [6.07, 6.45) is 4.34. The van der Waals surface area contributed by atoms with Gasteiger partial charge in [0.2, 0.25) is 0 Å². The summed E-state index contributed by atoms with van der Waals surface area (Å²) in [6.45, 7) is 5.85. The minimum Gasteiger partial charge on any atom is -0.469 e. The van der Waals surface area contributed by atoms with E-state index < -0.39 is 0 Å². The zero-order chi connectivity index (χ0) is 12.1. The van der Waals surface area contributed by atoms with E-state index in [1.807, 2.05) is 16.7 Å². The zero-order valence-electron chi connectivity index (χ0n) is 10.3. The second-order valence-electron chi connectivity index (χ2n) is 4.10. The van der Waals surface area contributed by atoms with Crippen LogP contribution in [-0.4, -0.2) is 20.8 Å². The molecule has 0 saturated heterocycles. The normalized spacial score (nSPS) is 12.8. The Morgan fingerprint density at radius 2 is 2.41 bits per heavy atom. The molecule has 0 aliphatic carbocycles. The van der Waals surface area contributed by atoms with Crippen molar-refractivity contribution in [1.82, 2.24) is 20.1 Å². The lowest BCUT2D eigenvalue weighted by molar-refractivity contribution is 0.449. The summed E-state index contributed by atoms with van der Waals surface area (Å²) in [5.74, 6) is 1.97. The lowest BCUT2D eigenvalue weighted by Crippen LogP contribution is -2.28. The summed E-state index contributed by atoms with van der Waals surface area (Å²) >= 11 is 0. The largest absolute Gasteiger partial charge is 0.469 e. The predicted molar refractivity (Wildman–Crippen MR) is 64.4 cm³/mol. The van der Waals surface area contributed by atoms with Gasteiger partial charge in [0, 0.05) is 19.0 Å². The van der Waals surface area contributed by atoms with Crippen molar-refractivity contribution in [3.8, 4) is 0 Å². The highest BCUT2D eigenvalue weighted by atomic mass is 16.3. The third-order valence-electron chi connectivity index (χ3n) is 2.73. The Morgan fingerprint density at radius 3 is 3.12 bits per heavy atom. The first-order valence-corrected chi connectivity index (χ1v) is 5.92. The lowest BCUT2D eigenvalue weighted by atomic mass is 10.2. The molecule has 92 valence electrons. The van der Waals surface area contributed by atoms with Gasteiger partial charge in [0.25, 0.3) is 0 Å². The quantitative estimate of drug-likeness (QED) is 0.825. The fourth-order valence-electron chi connectivity index (χ4n) is 1.75. The van der Waals surface area contributed by atoms with Crippen LogP contribution in [0.1, 0.15) is 25.4 Å². The third kappa shape index (κ3) is 3.17. The van der Waals surface area contributed by atoms with E-state index in [0.29, 0.717) is 6.04 Å². The van der Waals surface area contributed by atoms with E-state index in [1.54, 1.807) is 12.6 Å². The molecule has 1 atom stereocenters. The molecule has 1 N–H and O–H groups in total. The second-order valence-corrected chi connectivity index (χ2v) is 4.10. The Labute approximate surface area is 101 Å². The van der Waals surface area contributed by atoms with E-state index >= 15 is 0 Å². The van der Waals surface area contributed by atoms with E-state index in [4.69, 9.17) is 4.42 Å². The number of aromatic nitrogens is 3. The van der Waals surface area contributed by atoms with Crippen molar-refractivity contribution in [1.29, 1.82) is 0 Å². The van der Waals surface area contributed by atoms with Crippen LogP contribution >= 0.6 is 0 Å². The monoisotopic (exact) mass is 234 g/mol. The molecule has 2 rings (SSSR count). The van der Waals surface area contributed by atoms with Crippen LogP contribution in [0.3, 0.4) is 0 Å². The van der Waals surface area contributed by atoms with Gasteiger partial charge >= 0.3 is 0 Å². The Bertz CT molecular complexity index is 435. The third-order valence-corrected chi connectivity index (χ3v) is 2.73.